The van der Waals surface area contributed by atoms with Crippen molar-refractivity contribution in [3.63, 3.8) is 0 Å². The largest absolute Gasteiger partial charge is 0.519 e. The maximum absolute atomic E-state index is 12.0. The van der Waals surface area contributed by atoms with Gasteiger partial charge in [0.05, 0.1) is 17.8 Å². The van der Waals surface area contributed by atoms with Gasteiger partial charge >= 0.3 is 18.4 Å². The Kier molecular flexibility index (Phi) is 24.3. The van der Waals surface area contributed by atoms with Gasteiger partial charge in [0.2, 0.25) is 0 Å². The van der Waals surface area contributed by atoms with E-state index in [2.05, 4.69) is 102 Å². The van der Waals surface area contributed by atoms with Crippen LogP contribution in [-0.4, -0.2) is 94.3 Å². The predicted molar refractivity (Wildman–Crippen MR) is 256 cm³/mol. The zero-order valence-electron chi connectivity index (χ0n) is 38.4. The molecule has 1 aliphatic rings. The van der Waals surface area contributed by atoms with Crippen LogP contribution in [0.2, 0.25) is 0 Å². The Hall–Kier alpha value is -4.34. The van der Waals surface area contributed by atoms with Gasteiger partial charge in [-0.3, -0.25) is 9.98 Å². The lowest BCUT2D eigenvalue weighted by Crippen LogP contribution is -2.29. The first-order valence-electron chi connectivity index (χ1n) is 19.8. The lowest BCUT2D eigenvalue weighted by molar-refractivity contribution is -0.0294. The van der Waals surface area contributed by atoms with Gasteiger partial charge in [-0.05, 0) is 144 Å². The first-order valence-corrected chi connectivity index (χ1v) is 21.4. The van der Waals surface area contributed by atoms with Gasteiger partial charge in [-0.15, -0.1) is 0 Å². The number of aliphatic imine (C=N–C) groups is 1. The van der Waals surface area contributed by atoms with Crippen molar-refractivity contribution in [3.8, 4) is 0 Å². The summed E-state index contributed by atoms with van der Waals surface area (Å²) in [5, 5.41) is 5.18. The molecule has 0 saturated carbocycles. The number of benzene rings is 2. The van der Waals surface area contributed by atoms with Gasteiger partial charge in [-0.1, -0.05) is 66.1 Å². The number of hydrogen-bond acceptors (Lipinski definition) is 12. The molecule has 340 valence electrons. The Balaban J connectivity index is 0.000000762. The van der Waals surface area contributed by atoms with E-state index in [0.29, 0.717) is 0 Å². The number of rotatable bonds is 4. The highest BCUT2D eigenvalue weighted by atomic mass is 79.9. The number of halogens is 2. The topological polar surface area (TPSA) is 138 Å². The average molecular weight is 979 g/mol. The molecule has 0 amide bonds. The third kappa shape index (κ3) is 22.9. The van der Waals surface area contributed by atoms with Gasteiger partial charge in [-0.25, -0.2) is 14.4 Å². The Morgan fingerprint density at radius 2 is 1.20 bits per heavy atom. The molecule has 0 unspecified atom stereocenters. The van der Waals surface area contributed by atoms with Crippen LogP contribution in [0.1, 0.15) is 114 Å². The summed E-state index contributed by atoms with van der Waals surface area (Å²) in [6.45, 7) is 30.4. The lowest BCUT2D eigenvalue weighted by atomic mass is 10.1. The van der Waals surface area contributed by atoms with Crippen molar-refractivity contribution in [2.75, 3.05) is 38.6 Å². The van der Waals surface area contributed by atoms with Gasteiger partial charge in [0.25, 0.3) is 0 Å². The third-order valence-electron chi connectivity index (χ3n) is 7.81. The summed E-state index contributed by atoms with van der Waals surface area (Å²) < 4.78 is 22.5. The third-order valence-corrected chi connectivity index (χ3v) is 8.79. The fourth-order valence-electron chi connectivity index (χ4n) is 4.92. The number of carbonyl (C=O) groups is 3. The maximum Gasteiger partial charge on any atom is 0.519 e. The first kappa shape index (κ1) is 56.7. The summed E-state index contributed by atoms with van der Waals surface area (Å²) in [6.07, 6.45) is 1.00. The molecule has 0 saturated heterocycles. The van der Waals surface area contributed by atoms with Crippen LogP contribution >= 0.6 is 31.9 Å². The Morgan fingerprint density at radius 1 is 0.721 bits per heavy atom. The Morgan fingerprint density at radius 3 is 1.62 bits per heavy atom. The molecule has 3 heterocycles. The zero-order chi connectivity index (χ0) is 46.0. The van der Waals surface area contributed by atoms with E-state index in [1.54, 1.807) is 53.9 Å². The number of anilines is 1. The fraction of sp³-hybridized carbons (Fsp3) is 0.522. The molecule has 0 spiro atoms. The molecule has 2 aromatic carbocycles. The number of pyridine rings is 1. The molecule has 1 aliphatic heterocycles. The summed E-state index contributed by atoms with van der Waals surface area (Å²) in [4.78, 5) is 46.7. The number of carbonyl (C=O) groups excluding carboxylic acids is 3. The second-order valence-corrected chi connectivity index (χ2v) is 18.4. The second-order valence-electron chi connectivity index (χ2n) is 16.6. The predicted octanol–water partition coefficient (Wildman–Crippen LogP) is 12.7. The van der Waals surface area contributed by atoms with Crippen LogP contribution in [0, 0.1) is 6.92 Å². The van der Waals surface area contributed by atoms with E-state index < -0.39 is 35.2 Å². The van der Waals surface area contributed by atoms with E-state index >= 15 is 0 Å². The highest BCUT2D eigenvalue weighted by Gasteiger charge is 2.24. The smallest absolute Gasteiger partial charge is 0.442 e. The van der Waals surface area contributed by atoms with Crippen LogP contribution < -0.4 is 4.90 Å². The van der Waals surface area contributed by atoms with Gasteiger partial charge in [0, 0.05) is 57.8 Å². The minimum absolute atomic E-state index is 0. The van der Waals surface area contributed by atoms with E-state index in [-0.39, 0.29) is 7.43 Å². The van der Waals surface area contributed by atoms with Gasteiger partial charge in [-0.2, -0.15) is 9.78 Å². The lowest BCUT2D eigenvalue weighted by Gasteiger charge is -2.20. The molecule has 4 aromatic rings. The van der Waals surface area contributed by atoms with Crippen LogP contribution in [0.5, 0.6) is 0 Å². The number of hydrogen-bond donors (Lipinski definition) is 0. The molecule has 0 radical (unpaired) electrons. The quantitative estimate of drug-likeness (QED) is 0.110. The number of fused-ring (bicyclic) bond motifs is 2. The highest BCUT2D eigenvalue weighted by molar-refractivity contribution is 9.10. The van der Waals surface area contributed by atoms with Crippen LogP contribution in [0.3, 0.4) is 0 Å². The number of aromatic nitrogens is 3. The molecule has 0 aliphatic carbocycles. The van der Waals surface area contributed by atoms with E-state index in [1.807, 2.05) is 77.0 Å². The summed E-state index contributed by atoms with van der Waals surface area (Å²) in [5.41, 5.74) is 4.61. The molecular weight excluding hydrogens is 908 g/mol. The van der Waals surface area contributed by atoms with Crippen LogP contribution in [0.25, 0.3) is 10.9 Å². The van der Waals surface area contributed by atoms with E-state index in [9.17, 15) is 14.4 Å². The number of nitrogens with zero attached hydrogens (tertiary/aromatic N) is 6. The minimum atomic E-state index is -1.06. The Bertz CT molecular complexity index is 1960. The number of ether oxygens (including phenoxy) is 4. The molecule has 15 heteroatoms. The summed E-state index contributed by atoms with van der Waals surface area (Å²) in [7, 11) is 4.02. The van der Waals surface area contributed by atoms with Crippen molar-refractivity contribution >= 4 is 72.6 Å². The van der Waals surface area contributed by atoms with E-state index in [4.69, 9.17) is 14.2 Å². The molecule has 61 heavy (non-hydrogen) atoms. The fourth-order valence-corrected chi connectivity index (χ4v) is 5.64. The standard InChI is InChI=1S/C13H15BrN2O2.C10H18O5.C9H8BrN.C7H10N2.C6H15N.CH4/c1-8-10-7-9(14)5-6-11(10)16(15-8)12(17)18-13(2,3)4;1-9(2,3)14-7(11)13-8(12)15-10(4,5)6;1-6-9-4-8(10)3-2-7(9)5-11-6;1-9(2)7-3-5-8-6-4-7;1-4-7(5-2)6-3;/h5-7H,1-4H3;1-6H3;2-4H,5H2,1H3;3-6H,1-2H3;4-6H2,1-3H3;1H4. The second kappa shape index (κ2) is 26.2. The Labute approximate surface area is 381 Å². The first-order chi connectivity index (χ1) is 27.7. The van der Waals surface area contributed by atoms with Crippen molar-refractivity contribution in [1.29, 1.82) is 0 Å². The zero-order valence-corrected chi connectivity index (χ0v) is 41.6. The molecular formula is C46H70Br2N6O7. The average Bonchev–Trinajstić information content (AvgIpc) is 3.66. The molecule has 5 rings (SSSR count). The van der Waals surface area contributed by atoms with Crippen molar-refractivity contribution in [2.24, 2.45) is 4.99 Å². The van der Waals surface area contributed by atoms with Crippen LogP contribution in [0.15, 0.2) is 74.9 Å². The summed E-state index contributed by atoms with van der Waals surface area (Å²) in [5.74, 6) is 0. The minimum Gasteiger partial charge on any atom is -0.442 e. The van der Waals surface area contributed by atoms with Crippen molar-refractivity contribution in [2.45, 2.75) is 128 Å². The molecule has 2 aromatic heterocycles. The highest BCUT2D eigenvalue weighted by Crippen LogP contribution is 2.24. The number of aryl methyl sites for hydroxylation is 1. The molecule has 13 nitrogen and oxygen atoms in total. The monoisotopic (exact) mass is 976 g/mol. The molecule has 0 atom stereocenters. The van der Waals surface area contributed by atoms with Gasteiger partial charge in [0.1, 0.15) is 16.8 Å². The maximum atomic E-state index is 12.0. The normalized spacial score (nSPS) is 11.6. The van der Waals surface area contributed by atoms with E-state index in [0.717, 1.165) is 37.8 Å². The van der Waals surface area contributed by atoms with Gasteiger partial charge < -0.3 is 28.7 Å². The summed E-state index contributed by atoms with van der Waals surface area (Å²) >= 11 is 6.85. The van der Waals surface area contributed by atoms with E-state index in [1.165, 1.54) is 41.1 Å². The van der Waals surface area contributed by atoms with Crippen molar-refractivity contribution in [1.82, 2.24) is 19.7 Å². The SMILES string of the molecule is C.CC(C)(C)OC(=O)OC(=O)OC(C)(C)C.CC1=NCc2ccc(Br)cc21.CCN(CC)CC.CN(C)c1ccncc1.Cc1nn(C(=O)OC(C)(C)C)c2ccc(Br)cc12. The van der Waals surface area contributed by atoms with Crippen LogP contribution in [0.4, 0.5) is 20.1 Å². The van der Waals surface area contributed by atoms with Crippen molar-refractivity contribution in [3.05, 3.63) is 86.7 Å². The molecule has 0 bridgehead atoms. The van der Waals surface area contributed by atoms with Gasteiger partial charge in [0.15, 0.2) is 0 Å². The molecule has 0 fully saturated rings. The summed E-state index contributed by atoms with van der Waals surface area (Å²) in [6, 6.07) is 15.9. The van der Waals surface area contributed by atoms with Crippen LogP contribution in [-0.2, 0) is 25.5 Å². The molecule has 0 N–H and O–H groups in total. The van der Waals surface area contributed by atoms with Crippen molar-refractivity contribution < 1.29 is 33.3 Å².